The molecule has 3 nitrogen and oxygen atoms in total. The second-order valence-corrected chi connectivity index (χ2v) is 4.03. The highest BCUT2D eigenvalue weighted by Crippen LogP contribution is 2.21. The maximum Gasteiger partial charge on any atom is 0.309 e. The molecule has 1 rings (SSSR count). The minimum absolute atomic E-state index is 0.191. The first-order chi connectivity index (χ1) is 7.08. The Hall–Kier alpha value is -1.16. The van der Waals surface area contributed by atoms with E-state index < -0.39 is 0 Å². The molecule has 0 atom stereocenters. The van der Waals surface area contributed by atoms with Crippen molar-refractivity contribution in [2.45, 2.75) is 13.3 Å². The van der Waals surface area contributed by atoms with Crippen molar-refractivity contribution in [1.29, 1.82) is 0 Å². The summed E-state index contributed by atoms with van der Waals surface area (Å²) in [5.74, 6) is -0.308. The smallest absolute Gasteiger partial charge is 0.309 e. The third-order valence-electron chi connectivity index (χ3n) is 2.14. The number of halogens is 1. The van der Waals surface area contributed by atoms with Crippen LogP contribution in [0.15, 0.2) is 16.6 Å². The summed E-state index contributed by atoms with van der Waals surface area (Å²) >= 11 is 3.28. The van der Waals surface area contributed by atoms with Crippen LogP contribution in [0.4, 0.5) is 0 Å². The number of benzene rings is 1. The number of hydrogen-bond donors (Lipinski definition) is 0. The number of esters is 1. The lowest BCUT2D eigenvalue weighted by atomic mass is 10.0. The summed E-state index contributed by atoms with van der Waals surface area (Å²) in [4.78, 5) is 21.8. The first-order valence-corrected chi connectivity index (χ1v) is 5.18. The van der Waals surface area contributed by atoms with Gasteiger partial charge in [-0.2, -0.15) is 0 Å². The Morgan fingerprint density at radius 3 is 2.73 bits per heavy atom. The fraction of sp³-hybridized carbons (Fsp3) is 0.273. The van der Waals surface area contributed by atoms with Gasteiger partial charge >= 0.3 is 5.97 Å². The number of hydrogen-bond acceptors (Lipinski definition) is 3. The second-order valence-electron chi connectivity index (χ2n) is 3.17. The van der Waals surface area contributed by atoms with Gasteiger partial charge in [-0.15, -0.1) is 0 Å². The van der Waals surface area contributed by atoms with Crippen molar-refractivity contribution in [2.75, 3.05) is 7.11 Å². The summed E-state index contributed by atoms with van der Waals surface area (Å²) in [5.41, 5.74) is 2.31. The van der Waals surface area contributed by atoms with Crippen LogP contribution in [0.3, 0.4) is 0 Å². The van der Waals surface area contributed by atoms with Crippen LogP contribution in [-0.4, -0.2) is 19.4 Å². The molecule has 0 aliphatic heterocycles. The zero-order chi connectivity index (χ0) is 11.4. The molecule has 0 fully saturated rings. The quantitative estimate of drug-likeness (QED) is 0.625. The Kier molecular flexibility index (Phi) is 4.03. The standard InChI is InChI=1S/C11H11BrO3/c1-7-3-10(12)9(6-13)4-8(7)5-11(14)15-2/h3-4,6H,5H2,1-2H3. The van der Waals surface area contributed by atoms with Gasteiger partial charge in [-0.25, -0.2) is 0 Å². The third-order valence-corrected chi connectivity index (χ3v) is 2.83. The molecular weight excluding hydrogens is 260 g/mol. The van der Waals surface area contributed by atoms with Crippen LogP contribution in [0.5, 0.6) is 0 Å². The lowest BCUT2D eigenvalue weighted by Crippen LogP contribution is -2.06. The molecule has 0 aliphatic rings. The SMILES string of the molecule is COC(=O)Cc1cc(C=O)c(Br)cc1C. The Morgan fingerprint density at radius 2 is 2.20 bits per heavy atom. The number of carbonyl (C=O) groups excluding carboxylic acids is 2. The zero-order valence-corrected chi connectivity index (χ0v) is 10.1. The molecule has 1 aromatic rings. The number of aryl methyl sites for hydroxylation is 1. The van der Waals surface area contributed by atoms with Gasteiger partial charge in [0.05, 0.1) is 13.5 Å². The molecule has 0 saturated carbocycles. The Morgan fingerprint density at radius 1 is 1.53 bits per heavy atom. The van der Waals surface area contributed by atoms with E-state index >= 15 is 0 Å². The van der Waals surface area contributed by atoms with Crippen molar-refractivity contribution in [3.63, 3.8) is 0 Å². The molecule has 0 unspecified atom stereocenters. The van der Waals surface area contributed by atoms with E-state index in [-0.39, 0.29) is 12.4 Å². The molecule has 0 bridgehead atoms. The second kappa shape index (κ2) is 5.07. The topological polar surface area (TPSA) is 43.4 Å². The number of ether oxygens (including phenoxy) is 1. The molecule has 0 radical (unpaired) electrons. The fourth-order valence-corrected chi connectivity index (χ4v) is 1.80. The first-order valence-electron chi connectivity index (χ1n) is 4.39. The Bertz CT molecular complexity index is 399. The van der Waals surface area contributed by atoms with Gasteiger partial charge < -0.3 is 4.74 Å². The van der Waals surface area contributed by atoms with Crippen LogP contribution in [0.25, 0.3) is 0 Å². The Labute approximate surface area is 96.6 Å². The average molecular weight is 271 g/mol. The normalized spacial score (nSPS) is 9.80. The molecule has 0 N–H and O–H groups in total. The van der Waals surface area contributed by atoms with Crippen molar-refractivity contribution in [1.82, 2.24) is 0 Å². The maximum atomic E-state index is 11.1. The Balaban J connectivity index is 3.07. The van der Waals surface area contributed by atoms with Gasteiger partial charge in [0.25, 0.3) is 0 Å². The van der Waals surface area contributed by atoms with E-state index in [0.717, 1.165) is 21.9 Å². The predicted octanol–water partition coefficient (Wildman–Crippen LogP) is 2.29. The number of aldehydes is 1. The molecule has 80 valence electrons. The van der Waals surface area contributed by atoms with Crippen LogP contribution in [0, 0.1) is 6.92 Å². The predicted molar refractivity (Wildman–Crippen MR) is 60.0 cm³/mol. The highest BCUT2D eigenvalue weighted by atomic mass is 79.9. The van der Waals surface area contributed by atoms with Crippen molar-refractivity contribution < 1.29 is 14.3 Å². The average Bonchev–Trinajstić information content (AvgIpc) is 2.21. The molecule has 0 amide bonds. The van der Waals surface area contributed by atoms with Crippen molar-refractivity contribution >= 4 is 28.2 Å². The maximum absolute atomic E-state index is 11.1. The summed E-state index contributed by atoms with van der Waals surface area (Å²) in [6, 6.07) is 3.52. The van der Waals surface area contributed by atoms with Crippen LogP contribution < -0.4 is 0 Å². The highest BCUT2D eigenvalue weighted by molar-refractivity contribution is 9.10. The lowest BCUT2D eigenvalue weighted by Gasteiger charge is -2.07. The van der Waals surface area contributed by atoms with Gasteiger partial charge in [0.2, 0.25) is 0 Å². The molecular formula is C11H11BrO3. The molecule has 1 aromatic carbocycles. The van der Waals surface area contributed by atoms with Crippen LogP contribution in [0.1, 0.15) is 21.5 Å². The summed E-state index contributed by atoms with van der Waals surface area (Å²) in [6.07, 6.45) is 0.945. The summed E-state index contributed by atoms with van der Waals surface area (Å²) in [7, 11) is 1.34. The van der Waals surface area contributed by atoms with Crippen molar-refractivity contribution in [2.24, 2.45) is 0 Å². The van der Waals surface area contributed by atoms with Gasteiger partial charge in [0.15, 0.2) is 6.29 Å². The molecule has 0 spiro atoms. The summed E-state index contributed by atoms with van der Waals surface area (Å²) in [6.45, 7) is 1.89. The largest absolute Gasteiger partial charge is 0.469 e. The van der Waals surface area contributed by atoms with Crippen molar-refractivity contribution in [3.05, 3.63) is 33.3 Å². The zero-order valence-electron chi connectivity index (χ0n) is 8.54. The lowest BCUT2D eigenvalue weighted by molar-refractivity contribution is -0.139. The third kappa shape index (κ3) is 2.89. The first kappa shape index (κ1) is 11.9. The van der Waals surface area contributed by atoms with E-state index in [4.69, 9.17) is 0 Å². The van der Waals surface area contributed by atoms with Gasteiger partial charge in [-0.1, -0.05) is 15.9 Å². The van der Waals surface area contributed by atoms with Gasteiger partial charge in [-0.3, -0.25) is 9.59 Å². The monoisotopic (exact) mass is 270 g/mol. The van der Waals surface area contributed by atoms with Crippen LogP contribution >= 0.6 is 15.9 Å². The van der Waals surface area contributed by atoms with Gasteiger partial charge in [0, 0.05) is 10.0 Å². The van der Waals surface area contributed by atoms with E-state index in [9.17, 15) is 9.59 Å². The van der Waals surface area contributed by atoms with E-state index in [0.29, 0.717) is 5.56 Å². The van der Waals surface area contributed by atoms with Gasteiger partial charge in [0.1, 0.15) is 0 Å². The van der Waals surface area contributed by atoms with Gasteiger partial charge in [-0.05, 0) is 30.2 Å². The van der Waals surface area contributed by atoms with Crippen LogP contribution in [0.2, 0.25) is 0 Å². The van der Waals surface area contributed by atoms with Crippen LogP contribution in [-0.2, 0) is 16.0 Å². The number of methoxy groups -OCH3 is 1. The highest BCUT2D eigenvalue weighted by Gasteiger charge is 2.09. The van der Waals surface area contributed by atoms with E-state index in [1.165, 1.54) is 7.11 Å². The molecule has 0 saturated heterocycles. The molecule has 0 aromatic heterocycles. The fourth-order valence-electron chi connectivity index (χ4n) is 1.25. The molecule has 0 heterocycles. The van der Waals surface area contributed by atoms with E-state index in [1.807, 2.05) is 13.0 Å². The molecule has 15 heavy (non-hydrogen) atoms. The number of carbonyl (C=O) groups is 2. The summed E-state index contributed by atoms with van der Waals surface area (Å²) < 4.78 is 5.31. The molecule has 4 heteroatoms. The minimum Gasteiger partial charge on any atom is -0.469 e. The van der Waals surface area contributed by atoms with E-state index in [1.54, 1.807) is 6.07 Å². The summed E-state index contributed by atoms with van der Waals surface area (Å²) in [5, 5.41) is 0. The number of rotatable bonds is 3. The van der Waals surface area contributed by atoms with Crippen molar-refractivity contribution in [3.8, 4) is 0 Å². The molecule has 0 aliphatic carbocycles. The minimum atomic E-state index is -0.308. The van der Waals surface area contributed by atoms with E-state index in [2.05, 4.69) is 20.7 Å².